The molecule has 4 aliphatic carbocycles. The Kier molecular flexibility index (Phi) is 9.74. The molecule has 10 atom stereocenters. The molecule has 2 N–H and O–H groups in total. The Morgan fingerprint density at radius 2 is 1.47 bits per heavy atom. The Morgan fingerprint density at radius 1 is 0.791 bits per heavy atom. The van der Waals surface area contributed by atoms with Gasteiger partial charge in [0.05, 0.1) is 12.7 Å². The van der Waals surface area contributed by atoms with Crippen LogP contribution in [0.5, 0.6) is 0 Å². The molecule has 6 heteroatoms. The first-order valence-corrected chi connectivity index (χ1v) is 18.2. The number of hydrogen-bond acceptors (Lipinski definition) is 4. The highest BCUT2D eigenvalue weighted by molar-refractivity contribution is 5.13. The van der Waals surface area contributed by atoms with Gasteiger partial charge in [0.25, 0.3) is 0 Å². The number of nitrogens with zero attached hydrogens (tertiary/aromatic N) is 4. The van der Waals surface area contributed by atoms with Crippen LogP contribution in [0.2, 0.25) is 0 Å². The van der Waals surface area contributed by atoms with E-state index in [2.05, 4.69) is 76.7 Å². The van der Waals surface area contributed by atoms with Crippen LogP contribution < -0.4 is 10.6 Å². The fraction of sp³-hybridized carbons (Fsp3) is 0.838. The van der Waals surface area contributed by atoms with Gasteiger partial charge in [0, 0.05) is 63.1 Å². The molecule has 0 unspecified atom stereocenters. The summed E-state index contributed by atoms with van der Waals surface area (Å²) in [5, 5.41) is 8.19. The Morgan fingerprint density at radius 3 is 2.14 bits per heavy atom. The van der Waals surface area contributed by atoms with Crippen LogP contribution >= 0.6 is 0 Å². The maximum absolute atomic E-state index is 4.30. The van der Waals surface area contributed by atoms with Gasteiger partial charge in [-0.3, -0.25) is 0 Å². The lowest BCUT2D eigenvalue weighted by Crippen LogP contribution is -2.62. The third-order valence-corrected chi connectivity index (χ3v) is 13.6. The second-order valence-electron chi connectivity index (χ2n) is 16.3. The topological polar surface area (TPSA) is 59.7 Å². The smallest absolute Gasteiger partial charge is 0.0946 e. The largest absolute Gasteiger partial charge is 0.336 e. The van der Waals surface area contributed by atoms with E-state index in [4.69, 9.17) is 0 Å². The van der Waals surface area contributed by atoms with Crippen molar-refractivity contribution >= 4 is 0 Å². The fourth-order valence-electron chi connectivity index (χ4n) is 11.3. The molecule has 4 aliphatic rings. The lowest BCUT2D eigenvalue weighted by molar-refractivity contribution is -0.131. The van der Waals surface area contributed by atoms with Gasteiger partial charge in [-0.25, -0.2) is 9.97 Å². The molecule has 4 fully saturated rings. The second kappa shape index (κ2) is 13.4. The van der Waals surface area contributed by atoms with Crippen LogP contribution in [0, 0.1) is 52.3 Å². The zero-order chi connectivity index (χ0) is 30.0. The fourth-order valence-corrected chi connectivity index (χ4v) is 11.3. The Hall–Kier alpha value is -1.66. The van der Waals surface area contributed by atoms with Crippen LogP contribution in [0.4, 0.5) is 0 Å². The highest BCUT2D eigenvalue weighted by atomic mass is 15.1. The molecule has 240 valence electrons. The van der Waals surface area contributed by atoms with Crippen LogP contribution in [0.1, 0.15) is 105 Å². The summed E-state index contributed by atoms with van der Waals surface area (Å²) in [5.74, 6) is 6.03. The molecule has 43 heavy (non-hydrogen) atoms. The number of nitrogens with one attached hydrogen (secondary N) is 2. The Bertz CT molecular complexity index is 1110. The summed E-state index contributed by atoms with van der Waals surface area (Å²) >= 11 is 0. The monoisotopic (exact) mass is 591 g/mol. The number of fused-ring (bicyclic) bond motifs is 5. The van der Waals surface area contributed by atoms with Gasteiger partial charge >= 0.3 is 0 Å². The van der Waals surface area contributed by atoms with E-state index < -0.39 is 0 Å². The summed E-state index contributed by atoms with van der Waals surface area (Å²) < 4.78 is 4.44. The molecule has 0 saturated heterocycles. The highest BCUT2D eigenvalue weighted by Crippen LogP contribution is 2.68. The molecular weight excluding hydrogens is 528 g/mol. The van der Waals surface area contributed by atoms with E-state index in [0.29, 0.717) is 22.9 Å². The van der Waals surface area contributed by atoms with E-state index in [1.807, 2.05) is 25.0 Å². The third-order valence-electron chi connectivity index (χ3n) is 13.6. The highest BCUT2D eigenvalue weighted by Gasteiger charge is 2.62. The first kappa shape index (κ1) is 31.3. The van der Waals surface area contributed by atoms with Gasteiger partial charge in [0.2, 0.25) is 0 Å². The maximum Gasteiger partial charge on any atom is 0.0946 e. The molecule has 0 amide bonds. The second-order valence-corrected chi connectivity index (χ2v) is 16.3. The van der Waals surface area contributed by atoms with Crippen LogP contribution in [0.3, 0.4) is 0 Å². The van der Waals surface area contributed by atoms with E-state index in [9.17, 15) is 0 Å². The SMILES string of the molecule is CC(C)CCC[C@@H](C)[C@H]1CC[C@H]2[C@@H]3[C@H](NCCn4ccnc4)C[C@H]4C[C@H](NCCn5ccnc5)CC[C@]4(C)[C@H]3CC[C@]12C. The summed E-state index contributed by atoms with van der Waals surface area (Å²) in [6.45, 7) is 17.0. The summed E-state index contributed by atoms with van der Waals surface area (Å²) in [5.41, 5.74) is 1.02. The number of hydrogen-bond donors (Lipinski definition) is 2. The van der Waals surface area contributed by atoms with Gasteiger partial charge in [-0.2, -0.15) is 0 Å². The first-order chi connectivity index (χ1) is 20.8. The summed E-state index contributed by atoms with van der Waals surface area (Å²) in [6.07, 6.45) is 27.5. The predicted molar refractivity (Wildman–Crippen MR) is 176 cm³/mol. The minimum absolute atomic E-state index is 0.498. The average Bonchev–Trinajstić information content (AvgIpc) is 3.75. The number of rotatable bonds is 13. The maximum atomic E-state index is 4.30. The normalized spacial score (nSPS) is 38.0. The molecule has 0 bridgehead atoms. The molecule has 0 radical (unpaired) electrons. The van der Waals surface area contributed by atoms with Crippen LogP contribution in [-0.2, 0) is 13.1 Å². The Labute approximate surface area is 262 Å². The molecule has 6 rings (SSSR count). The number of imidazole rings is 2. The van der Waals surface area contributed by atoms with Crippen LogP contribution in [0.25, 0.3) is 0 Å². The van der Waals surface area contributed by atoms with Gasteiger partial charge in [-0.05, 0) is 104 Å². The van der Waals surface area contributed by atoms with E-state index in [0.717, 1.165) is 67.6 Å². The molecule has 2 aromatic rings. The molecule has 0 aromatic carbocycles. The summed E-state index contributed by atoms with van der Waals surface area (Å²) in [4.78, 5) is 8.52. The van der Waals surface area contributed by atoms with Crippen molar-refractivity contribution in [3.63, 3.8) is 0 Å². The zero-order valence-corrected chi connectivity index (χ0v) is 28.1. The zero-order valence-electron chi connectivity index (χ0n) is 28.1. The lowest BCUT2D eigenvalue weighted by Gasteiger charge is -2.63. The molecular formula is C37H62N6. The van der Waals surface area contributed by atoms with Crippen molar-refractivity contribution in [2.75, 3.05) is 13.1 Å². The molecule has 0 aliphatic heterocycles. The lowest BCUT2D eigenvalue weighted by atomic mass is 9.43. The van der Waals surface area contributed by atoms with Crippen LogP contribution in [0.15, 0.2) is 37.4 Å². The standard InChI is InChI=1S/C37H62N6/c1-27(2)7-6-8-28(3)31-9-10-32-35-33(12-14-37(31,32)5)36(4)13-11-30(40-17-21-42-19-15-38-25-42)23-29(36)24-34(35)41-18-22-43-20-16-39-26-43/h15-16,19-20,25-35,40-41H,6-14,17-18,21-24H2,1-5H3/t28-,29-,30-,31-,32+,33+,34-,35+,36+,37-/m1/s1. The van der Waals surface area contributed by atoms with Gasteiger partial charge < -0.3 is 19.8 Å². The van der Waals surface area contributed by atoms with E-state index in [1.165, 1.54) is 70.6 Å². The third kappa shape index (κ3) is 6.52. The minimum Gasteiger partial charge on any atom is -0.336 e. The average molecular weight is 591 g/mol. The Balaban J connectivity index is 1.16. The predicted octanol–water partition coefficient (Wildman–Crippen LogP) is 7.43. The van der Waals surface area contributed by atoms with Crippen molar-refractivity contribution in [3.8, 4) is 0 Å². The van der Waals surface area contributed by atoms with E-state index in [-0.39, 0.29) is 0 Å². The van der Waals surface area contributed by atoms with E-state index >= 15 is 0 Å². The summed E-state index contributed by atoms with van der Waals surface area (Å²) in [6, 6.07) is 1.30. The van der Waals surface area contributed by atoms with Crippen molar-refractivity contribution in [1.82, 2.24) is 29.7 Å². The number of aromatic nitrogens is 4. The molecule has 0 spiro atoms. The van der Waals surface area contributed by atoms with Gasteiger partial charge in [-0.15, -0.1) is 0 Å². The van der Waals surface area contributed by atoms with Gasteiger partial charge in [0.15, 0.2) is 0 Å². The molecule has 2 heterocycles. The van der Waals surface area contributed by atoms with Crippen molar-refractivity contribution in [3.05, 3.63) is 37.4 Å². The molecule has 6 nitrogen and oxygen atoms in total. The van der Waals surface area contributed by atoms with Gasteiger partial charge in [-0.1, -0.05) is 53.9 Å². The van der Waals surface area contributed by atoms with Gasteiger partial charge in [0.1, 0.15) is 0 Å². The quantitative estimate of drug-likeness (QED) is 0.255. The molecule has 2 aromatic heterocycles. The van der Waals surface area contributed by atoms with Crippen molar-refractivity contribution in [2.45, 2.75) is 130 Å². The molecule has 4 saturated carbocycles. The minimum atomic E-state index is 0.498. The summed E-state index contributed by atoms with van der Waals surface area (Å²) in [7, 11) is 0. The van der Waals surface area contributed by atoms with E-state index in [1.54, 1.807) is 0 Å². The van der Waals surface area contributed by atoms with Crippen molar-refractivity contribution in [2.24, 2.45) is 52.3 Å². The van der Waals surface area contributed by atoms with Crippen molar-refractivity contribution in [1.29, 1.82) is 0 Å². The van der Waals surface area contributed by atoms with Crippen molar-refractivity contribution < 1.29 is 0 Å². The first-order valence-electron chi connectivity index (χ1n) is 18.2. The van der Waals surface area contributed by atoms with Crippen LogP contribution in [-0.4, -0.2) is 44.3 Å².